The molecule has 0 atom stereocenters. The summed E-state index contributed by atoms with van der Waals surface area (Å²) < 4.78 is 48.4. The summed E-state index contributed by atoms with van der Waals surface area (Å²) in [7, 11) is 0. The van der Waals surface area contributed by atoms with Gasteiger partial charge in [0.15, 0.2) is 0 Å². The Kier molecular flexibility index (Phi) is 6.96. The Morgan fingerprint density at radius 2 is 1.78 bits per heavy atom. The topological polar surface area (TPSA) is 64.6 Å². The minimum atomic E-state index is -4.40. The number of nitrogens with one attached hydrogen (secondary N) is 1. The maximum Gasteiger partial charge on any atom is 0.411 e. The fourth-order valence-corrected chi connectivity index (χ4v) is 4.72. The van der Waals surface area contributed by atoms with Crippen LogP contribution < -0.4 is 5.32 Å². The number of amides is 1. The van der Waals surface area contributed by atoms with Crippen molar-refractivity contribution in [2.75, 3.05) is 6.61 Å². The number of aryl methyl sites for hydroxylation is 2. The average Bonchev–Trinajstić information content (AvgIpc) is 2.91. The lowest BCUT2D eigenvalue weighted by Crippen LogP contribution is -2.49. The van der Waals surface area contributed by atoms with E-state index in [9.17, 15) is 22.8 Å². The summed E-state index contributed by atoms with van der Waals surface area (Å²) >= 11 is 6.15. The van der Waals surface area contributed by atoms with Crippen molar-refractivity contribution >= 4 is 29.1 Å². The Balaban J connectivity index is 1.99. The van der Waals surface area contributed by atoms with E-state index in [1.807, 2.05) is 13.8 Å². The van der Waals surface area contributed by atoms with Crippen LogP contribution in [0.5, 0.6) is 0 Å². The van der Waals surface area contributed by atoms with Crippen molar-refractivity contribution in [3.8, 4) is 0 Å². The number of alkyl halides is 3. The van der Waals surface area contributed by atoms with E-state index in [0.717, 1.165) is 11.1 Å². The van der Waals surface area contributed by atoms with Gasteiger partial charge in [-0.1, -0.05) is 25.4 Å². The van der Waals surface area contributed by atoms with Gasteiger partial charge in [-0.25, -0.2) is 0 Å². The van der Waals surface area contributed by atoms with Crippen LogP contribution in [0.4, 0.5) is 13.2 Å². The highest BCUT2D eigenvalue weighted by Gasteiger charge is 2.50. The molecule has 0 aromatic heterocycles. The van der Waals surface area contributed by atoms with Gasteiger partial charge in [-0.15, -0.1) is 0 Å². The predicted molar refractivity (Wildman–Crippen MR) is 114 cm³/mol. The number of hydrogen-bond acceptors (Lipinski definition) is 4. The van der Waals surface area contributed by atoms with E-state index in [1.54, 1.807) is 26.0 Å². The van der Waals surface area contributed by atoms with Crippen LogP contribution in [0.25, 0.3) is 5.57 Å². The van der Waals surface area contributed by atoms with Crippen molar-refractivity contribution in [1.82, 2.24) is 5.32 Å². The molecule has 1 spiro atoms. The quantitative estimate of drug-likeness (QED) is 0.593. The molecule has 1 fully saturated rings. The summed E-state index contributed by atoms with van der Waals surface area (Å²) in [6.45, 7) is 5.73. The van der Waals surface area contributed by atoms with Crippen LogP contribution in [0.15, 0.2) is 17.9 Å². The highest BCUT2D eigenvalue weighted by Crippen LogP contribution is 2.45. The number of hydrogen-bond donors (Lipinski definition) is 1. The molecule has 1 N–H and O–H groups in total. The lowest BCUT2D eigenvalue weighted by Gasteiger charge is -2.38. The third-order valence-corrected chi connectivity index (χ3v) is 6.15. The van der Waals surface area contributed by atoms with Gasteiger partial charge < -0.3 is 14.8 Å². The Morgan fingerprint density at radius 1 is 1.22 bits per heavy atom. The lowest BCUT2D eigenvalue weighted by atomic mass is 9.78. The SMILES string of the molecule is Cc1cc(Cl)cc(C)c1C1=C(OC(=O)C(C)C)C2(CCC(OCC(F)(F)F)CC2)NC1=O. The average molecular weight is 474 g/mol. The zero-order valence-corrected chi connectivity index (χ0v) is 19.2. The Hall–Kier alpha value is -2.06. The summed E-state index contributed by atoms with van der Waals surface area (Å²) in [4.78, 5) is 25.7. The van der Waals surface area contributed by atoms with Crippen molar-refractivity contribution in [3.63, 3.8) is 0 Å². The molecule has 32 heavy (non-hydrogen) atoms. The summed E-state index contributed by atoms with van der Waals surface area (Å²) in [6, 6.07) is 3.47. The highest BCUT2D eigenvalue weighted by atomic mass is 35.5. The van der Waals surface area contributed by atoms with Gasteiger partial charge in [-0.2, -0.15) is 13.2 Å². The number of esters is 1. The van der Waals surface area contributed by atoms with Gasteiger partial charge in [0.1, 0.15) is 12.4 Å². The number of carbonyl (C=O) groups excluding carboxylic acids is 2. The number of ether oxygens (including phenoxy) is 2. The number of benzene rings is 1. The van der Waals surface area contributed by atoms with Crippen LogP contribution >= 0.6 is 11.6 Å². The van der Waals surface area contributed by atoms with Crippen LogP contribution in [-0.2, 0) is 19.1 Å². The summed E-state index contributed by atoms with van der Waals surface area (Å²) in [5.41, 5.74) is 1.48. The molecule has 1 aromatic rings. The molecule has 1 aliphatic heterocycles. The summed E-state index contributed by atoms with van der Waals surface area (Å²) in [6.07, 6.45) is -3.78. The van der Waals surface area contributed by atoms with Gasteiger partial charge in [0.2, 0.25) is 0 Å². The fraction of sp³-hybridized carbons (Fsp3) is 0.565. The zero-order valence-electron chi connectivity index (χ0n) is 18.5. The second-order valence-corrected chi connectivity index (χ2v) is 9.29. The molecule has 1 amide bonds. The molecular weight excluding hydrogens is 447 g/mol. The first-order valence-electron chi connectivity index (χ1n) is 10.6. The van der Waals surface area contributed by atoms with E-state index < -0.39 is 36.3 Å². The van der Waals surface area contributed by atoms with Crippen molar-refractivity contribution < 1.29 is 32.2 Å². The van der Waals surface area contributed by atoms with Gasteiger partial charge in [-0.05, 0) is 68.4 Å². The largest absolute Gasteiger partial charge is 0.427 e. The van der Waals surface area contributed by atoms with Crippen molar-refractivity contribution in [3.05, 3.63) is 39.6 Å². The van der Waals surface area contributed by atoms with E-state index >= 15 is 0 Å². The number of carbonyl (C=O) groups is 2. The van der Waals surface area contributed by atoms with Crippen molar-refractivity contribution in [1.29, 1.82) is 0 Å². The molecule has 9 heteroatoms. The monoisotopic (exact) mass is 473 g/mol. The lowest BCUT2D eigenvalue weighted by molar-refractivity contribution is -0.189. The maximum absolute atomic E-state index is 13.2. The van der Waals surface area contributed by atoms with Crippen LogP contribution in [0, 0.1) is 19.8 Å². The Morgan fingerprint density at radius 3 is 2.28 bits per heavy atom. The molecule has 1 aromatic carbocycles. The minimum Gasteiger partial charge on any atom is -0.427 e. The van der Waals surface area contributed by atoms with Gasteiger partial charge in [-0.3, -0.25) is 9.59 Å². The third-order valence-electron chi connectivity index (χ3n) is 5.93. The van der Waals surface area contributed by atoms with E-state index in [4.69, 9.17) is 21.1 Å². The predicted octanol–water partition coefficient (Wildman–Crippen LogP) is 5.26. The third kappa shape index (κ3) is 5.12. The van der Waals surface area contributed by atoms with Gasteiger partial charge in [0, 0.05) is 5.02 Å². The number of rotatable bonds is 5. The van der Waals surface area contributed by atoms with Crippen molar-refractivity contribution in [2.45, 2.75) is 71.2 Å². The van der Waals surface area contributed by atoms with Crippen LogP contribution in [0.3, 0.4) is 0 Å². The summed E-state index contributed by atoms with van der Waals surface area (Å²) in [5, 5.41) is 3.50. The standard InChI is InChI=1S/C23H27ClF3NO4/c1-12(2)21(30)32-19-18(17-13(3)9-15(24)10-14(17)4)20(29)28-22(19)7-5-16(6-8-22)31-11-23(25,26)27/h9-10,12,16H,5-8,11H2,1-4H3,(H,28,29). The van der Waals surface area contributed by atoms with Gasteiger partial charge >= 0.3 is 12.1 Å². The fourth-order valence-electron chi connectivity index (χ4n) is 4.39. The van der Waals surface area contributed by atoms with Crippen LogP contribution in [0.1, 0.15) is 56.2 Å². The molecule has 0 bridgehead atoms. The van der Waals surface area contributed by atoms with Crippen LogP contribution in [0.2, 0.25) is 5.02 Å². The molecule has 0 saturated heterocycles. The van der Waals surface area contributed by atoms with E-state index in [1.165, 1.54) is 0 Å². The molecule has 0 unspecified atom stereocenters. The molecule has 2 aliphatic rings. The molecule has 1 saturated carbocycles. The smallest absolute Gasteiger partial charge is 0.411 e. The van der Waals surface area contributed by atoms with Gasteiger partial charge in [0.05, 0.1) is 23.1 Å². The first-order chi connectivity index (χ1) is 14.8. The molecule has 1 heterocycles. The second-order valence-electron chi connectivity index (χ2n) is 8.86. The first kappa shape index (κ1) is 24.6. The second kappa shape index (κ2) is 9.06. The molecule has 5 nitrogen and oxygen atoms in total. The summed E-state index contributed by atoms with van der Waals surface area (Å²) in [5.74, 6) is -1.04. The van der Waals surface area contributed by atoms with Gasteiger partial charge in [0.25, 0.3) is 5.91 Å². The maximum atomic E-state index is 13.2. The normalized spacial score (nSPS) is 23.8. The van der Waals surface area contributed by atoms with E-state index in [2.05, 4.69) is 5.32 Å². The zero-order chi connectivity index (χ0) is 23.8. The Labute approximate surface area is 190 Å². The van der Waals surface area contributed by atoms with E-state index in [0.29, 0.717) is 36.3 Å². The highest BCUT2D eigenvalue weighted by molar-refractivity contribution is 6.31. The number of halogens is 4. The molecule has 3 rings (SSSR count). The van der Waals surface area contributed by atoms with E-state index in [-0.39, 0.29) is 17.2 Å². The van der Waals surface area contributed by atoms with Crippen LogP contribution in [-0.4, -0.2) is 36.3 Å². The molecular formula is C23H27ClF3NO4. The van der Waals surface area contributed by atoms with Crippen molar-refractivity contribution in [2.24, 2.45) is 5.92 Å². The molecule has 1 aliphatic carbocycles. The molecule has 176 valence electrons. The first-order valence-corrected chi connectivity index (χ1v) is 11.0. The Bertz CT molecular complexity index is 924. The molecule has 0 radical (unpaired) electrons. The minimum absolute atomic E-state index is 0.240.